The van der Waals surface area contributed by atoms with E-state index >= 15 is 0 Å². The molecule has 4 aromatic rings. The second-order valence-electron chi connectivity index (χ2n) is 4.71. The Balaban J connectivity index is 2.04. The summed E-state index contributed by atoms with van der Waals surface area (Å²) < 4.78 is 6.36. The topological polar surface area (TPSA) is 43.1 Å². The van der Waals surface area contributed by atoms with E-state index in [-0.39, 0.29) is 5.89 Å². The minimum Gasteiger partial charge on any atom is -0.402 e. The summed E-state index contributed by atoms with van der Waals surface area (Å²) >= 11 is 13.8. The maximum atomic E-state index is 12.1. The standard InChI is InChI=1S/C16H7Cl2NO2S/c17-8-5-6-9-11(7-8)19-15(21-16(9)20)14-13(18)10-3-1-2-4-12(10)22-14/h1-7H. The smallest absolute Gasteiger partial charge is 0.347 e. The zero-order chi connectivity index (χ0) is 15.3. The molecule has 3 nitrogen and oxygen atoms in total. The lowest BCUT2D eigenvalue weighted by Crippen LogP contribution is -2.02. The van der Waals surface area contributed by atoms with Crippen LogP contribution in [-0.2, 0) is 0 Å². The summed E-state index contributed by atoms with van der Waals surface area (Å²) in [5.74, 6) is 0.214. The SMILES string of the molecule is O=c1oc(-c2sc3ccccc3c2Cl)nc2cc(Cl)ccc12. The van der Waals surface area contributed by atoms with Crippen LogP contribution in [0.3, 0.4) is 0 Å². The zero-order valence-electron chi connectivity index (χ0n) is 11.0. The van der Waals surface area contributed by atoms with E-state index in [1.165, 1.54) is 11.3 Å². The fourth-order valence-corrected chi connectivity index (χ4v) is 3.90. The Morgan fingerprint density at radius 2 is 1.86 bits per heavy atom. The van der Waals surface area contributed by atoms with Gasteiger partial charge >= 0.3 is 5.63 Å². The van der Waals surface area contributed by atoms with Crippen LogP contribution in [0.4, 0.5) is 0 Å². The predicted molar refractivity (Wildman–Crippen MR) is 91.1 cm³/mol. The minimum absolute atomic E-state index is 0.214. The maximum Gasteiger partial charge on any atom is 0.347 e. The lowest BCUT2D eigenvalue weighted by atomic mass is 10.2. The Bertz CT molecular complexity index is 1080. The number of aromatic nitrogens is 1. The molecule has 22 heavy (non-hydrogen) atoms. The fourth-order valence-electron chi connectivity index (χ4n) is 2.29. The van der Waals surface area contributed by atoms with E-state index in [9.17, 15) is 4.79 Å². The van der Waals surface area contributed by atoms with Gasteiger partial charge in [-0.1, -0.05) is 41.4 Å². The Morgan fingerprint density at radius 3 is 2.68 bits per heavy atom. The first-order valence-electron chi connectivity index (χ1n) is 6.41. The highest BCUT2D eigenvalue weighted by molar-refractivity contribution is 7.23. The Labute approximate surface area is 138 Å². The van der Waals surface area contributed by atoms with E-state index in [0.717, 1.165) is 10.1 Å². The first-order chi connectivity index (χ1) is 10.6. The third-order valence-electron chi connectivity index (χ3n) is 3.32. The lowest BCUT2D eigenvalue weighted by molar-refractivity contribution is 0.520. The van der Waals surface area contributed by atoms with Crippen LogP contribution in [0.5, 0.6) is 0 Å². The van der Waals surface area contributed by atoms with Gasteiger partial charge in [0.1, 0.15) is 4.88 Å². The van der Waals surface area contributed by atoms with Crippen LogP contribution in [0.15, 0.2) is 51.7 Å². The molecule has 0 radical (unpaired) electrons. The van der Waals surface area contributed by atoms with Gasteiger partial charge in [-0.25, -0.2) is 9.78 Å². The molecule has 2 aromatic heterocycles. The minimum atomic E-state index is -0.454. The third kappa shape index (κ3) is 2.11. The van der Waals surface area contributed by atoms with Crippen LogP contribution in [0.25, 0.3) is 31.8 Å². The first-order valence-corrected chi connectivity index (χ1v) is 7.98. The van der Waals surface area contributed by atoms with Crippen molar-refractivity contribution in [3.63, 3.8) is 0 Å². The van der Waals surface area contributed by atoms with Crippen LogP contribution in [-0.4, -0.2) is 4.98 Å². The number of thiophene rings is 1. The number of halogens is 2. The van der Waals surface area contributed by atoms with Gasteiger partial charge in [0.05, 0.1) is 15.9 Å². The van der Waals surface area contributed by atoms with Gasteiger partial charge in [0, 0.05) is 15.1 Å². The highest BCUT2D eigenvalue weighted by Crippen LogP contribution is 2.41. The molecule has 2 aromatic carbocycles. The average molecular weight is 348 g/mol. The molecule has 0 aliphatic rings. The van der Waals surface area contributed by atoms with E-state index in [1.54, 1.807) is 18.2 Å². The summed E-state index contributed by atoms with van der Waals surface area (Å²) in [5.41, 5.74) is 0.0393. The molecule has 6 heteroatoms. The molecular weight excluding hydrogens is 341 g/mol. The van der Waals surface area contributed by atoms with Crippen LogP contribution >= 0.6 is 34.5 Å². The second-order valence-corrected chi connectivity index (χ2v) is 6.58. The zero-order valence-corrected chi connectivity index (χ0v) is 13.3. The van der Waals surface area contributed by atoms with Gasteiger partial charge < -0.3 is 4.42 Å². The van der Waals surface area contributed by atoms with Crippen molar-refractivity contribution in [3.05, 3.63) is 62.9 Å². The van der Waals surface area contributed by atoms with Gasteiger partial charge in [-0.3, -0.25) is 0 Å². The van der Waals surface area contributed by atoms with Crippen LogP contribution in [0.1, 0.15) is 0 Å². The Kier molecular flexibility index (Phi) is 3.18. The summed E-state index contributed by atoms with van der Waals surface area (Å²) in [5, 5.41) is 2.36. The highest BCUT2D eigenvalue weighted by Gasteiger charge is 2.17. The number of hydrogen-bond donors (Lipinski definition) is 0. The molecule has 0 amide bonds. The van der Waals surface area contributed by atoms with E-state index in [2.05, 4.69) is 4.98 Å². The summed E-state index contributed by atoms with van der Waals surface area (Å²) in [6.07, 6.45) is 0. The van der Waals surface area contributed by atoms with Gasteiger partial charge in [0.25, 0.3) is 0 Å². The molecule has 0 fully saturated rings. The largest absolute Gasteiger partial charge is 0.402 e. The van der Waals surface area contributed by atoms with Crippen molar-refractivity contribution in [2.45, 2.75) is 0 Å². The van der Waals surface area contributed by atoms with Gasteiger partial charge in [-0.2, -0.15) is 0 Å². The van der Waals surface area contributed by atoms with Crippen LogP contribution in [0.2, 0.25) is 10.0 Å². The van der Waals surface area contributed by atoms with Crippen molar-refractivity contribution in [1.82, 2.24) is 4.98 Å². The van der Waals surface area contributed by atoms with E-state index in [4.69, 9.17) is 27.6 Å². The van der Waals surface area contributed by atoms with Gasteiger partial charge in [-0.15, -0.1) is 11.3 Å². The monoisotopic (exact) mass is 347 g/mol. The molecule has 2 heterocycles. The summed E-state index contributed by atoms with van der Waals surface area (Å²) in [7, 11) is 0. The molecule has 0 aliphatic carbocycles. The molecule has 4 rings (SSSR count). The Hall–Kier alpha value is -1.88. The predicted octanol–water partition coefficient (Wildman–Crippen LogP) is 5.38. The Morgan fingerprint density at radius 1 is 1.05 bits per heavy atom. The van der Waals surface area contributed by atoms with Gasteiger partial charge in [0.2, 0.25) is 5.89 Å². The lowest BCUT2D eigenvalue weighted by Gasteiger charge is -2.00. The quantitative estimate of drug-likeness (QED) is 0.464. The molecule has 0 saturated heterocycles. The number of hydrogen-bond acceptors (Lipinski definition) is 4. The summed E-state index contributed by atoms with van der Waals surface area (Å²) in [6, 6.07) is 12.6. The second kappa shape index (κ2) is 5.09. The first kappa shape index (κ1) is 13.8. The van der Waals surface area contributed by atoms with E-state index < -0.39 is 5.63 Å². The molecular formula is C16H7Cl2NO2S. The average Bonchev–Trinajstić information content (AvgIpc) is 2.84. The number of nitrogens with zero attached hydrogens (tertiary/aromatic N) is 1. The van der Waals surface area contributed by atoms with Crippen molar-refractivity contribution in [2.75, 3.05) is 0 Å². The van der Waals surface area contributed by atoms with Crippen molar-refractivity contribution in [2.24, 2.45) is 0 Å². The molecule has 108 valence electrons. The highest BCUT2D eigenvalue weighted by atomic mass is 35.5. The number of benzene rings is 2. The fraction of sp³-hybridized carbons (Fsp3) is 0. The van der Waals surface area contributed by atoms with E-state index in [1.807, 2.05) is 24.3 Å². The van der Waals surface area contributed by atoms with Crippen molar-refractivity contribution in [3.8, 4) is 10.8 Å². The van der Waals surface area contributed by atoms with E-state index in [0.29, 0.717) is 25.8 Å². The van der Waals surface area contributed by atoms with Crippen molar-refractivity contribution >= 4 is 55.5 Å². The number of rotatable bonds is 1. The molecule has 0 spiro atoms. The molecule has 0 N–H and O–H groups in total. The van der Waals surface area contributed by atoms with Crippen molar-refractivity contribution < 1.29 is 4.42 Å². The third-order valence-corrected chi connectivity index (χ3v) is 5.22. The molecule has 0 unspecified atom stereocenters. The summed E-state index contributed by atoms with van der Waals surface area (Å²) in [4.78, 5) is 17.2. The van der Waals surface area contributed by atoms with Crippen LogP contribution in [0, 0.1) is 0 Å². The van der Waals surface area contributed by atoms with Gasteiger partial charge in [0.15, 0.2) is 0 Å². The van der Waals surface area contributed by atoms with Gasteiger partial charge in [-0.05, 0) is 24.3 Å². The molecule has 0 aliphatic heterocycles. The molecule has 0 saturated carbocycles. The normalized spacial score (nSPS) is 11.4. The van der Waals surface area contributed by atoms with Crippen LogP contribution < -0.4 is 5.63 Å². The molecule has 0 bridgehead atoms. The summed E-state index contributed by atoms with van der Waals surface area (Å²) in [6.45, 7) is 0. The van der Waals surface area contributed by atoms with Crippen molar-refractivity contribution in [1.29, 1.82) is 0 Å². The maximum absolute atomic E-state index is 12.1. The number of fused-ring (bicyclic) bond motifs is 2. The molecule has 0 atom stereocenters.